The number of benzene rings is 2. The van der Waals surface area contributed by atoms with Crippen LogP contribution in [0.1, 0.15) is 23.0 Å². The number of aryl methyl sites for hydroxylation is 1. The first-order valence-electron chi connectivity index (χ1n) is 11.3. The lowest BCUT2D eigenvalue weighted by Gasteiger charge is -2.30. The summed E-state index contributed by atoms with van der Waals surface area (Å²) in [6, 6.07) is 12.0. The van der Waals surface area contributed by atoms with Gasteiger partial charge in [0.2, 0.25) is 5.88 Å². The number of hydrogen-bond donors (Lipinski definition) is 2. The quantitative estimate of drug-likeness (QED) is 0.417. The normalized spacial score (nSPS) is 15.2. The van der Waals surface area contributed by atoms with E-state index in [2.05, 4.69) is 16.9 Å². The summed E-state index contributed by atoms with van der Waals surface area (Å²) in [5, 5.41) is 15.5. The van der Waals surface area contributed by atoms with Crippen LogP contribution in [0.3, 0.4) is 0 Å². The molecule has 0 bridgehead atoms. The van der Waals surface area contributed by atoms with Crippen molar-refractivity contribution >= 4 is 10.9 Å². The number of fused-ring (bicyclic) bond motifs is 1. The van der Waals surface area contributed by atoms with E-state index in [0.717, 1.165) is 28.1 Å². The molecule has 3 N–H and O–H groups in total. The number of aromatic nitrogens is 3. The van der Waals surface area contributed by atoms with E-state index in [4.69, 9.17) is 20.2 Å². The molecule has 184 valence electrons. The minimum atomic E-state index is -1.20. The molecule has 0 radical (unpaired) electrons. The van der Waals surface area contributed by atoms with Crippen molar-refractivity contribution in [2.45, 2.75) is 18.1 Å². The molecule has 1 fully saturated rings. The largest absolute Gasteiger partial charge is 0.479 e. The molecular weight excluding hydrogens is 466 g/mol. The van der Waals surface area contributed by atoms with Crippen LogP contribution in [0, 0.1) is 23.5 Å². The Balaban J connectivity index is 1.63. The van der Waals surface area contributed by atoms with Crippen LogP contribution in [0.2, 0.25) is 0 Å². The third kappa shape index (κ3) is 4.54. The molecule has 0 aliphatic carbocycles. The van der Waals surface area contributed by atoms with E-state index in [0.29, 0.717) is 22.8 Å². The Morgan fingerprint density at radius 1 is 1.17 bits per heavy atom. The highest BCUT2D eigenvalue weighted by Crippen LogP contribution is 2.36. The van der Waals surface area contributed by atoms with Gasteiger partial charge in [0.25, 0.3) is 0 Å². The average Bonchev–Trinajstić information content (AvgIpc) is 3.16. The van der Waals surface area contributed by atoms with Crippen molar-refractivity contribution in [2.75, 3.05) is 20.3 Å². The Kier molecular flexibility index (Phi) is 6.18. The molecule has 2 aromatic carbocycles. The van der Waals surface area contributed by atoms with Crippen LogP contribution in [0.5, 0.6) is 5.88 Å². The molecule has 2 aromatic heterocycles. The van der Waals surface area contributed by atoms with E-state index in [1.807, 2.05) is 31.3 Å². The lowest BCUT2D eigenvalue weighted by atomic mass is 9.94. The van der Waals surface area contributed by atoms with Gasteiger partial charge in [-0.3, -0.25) is 4.68 Å². The second kappa shape index (κ2) is 9.32. The summed E-state index contributed by atoms with van der Waals surface area (Å²) in [6.45, 7) is 0.278. The minimum absolute atomic E-state index is 0.139. The maximum Gasteiger partial charge on any atom is 0.240 e. The van der Waals surface area contributed by atoms with Crippen molar-refractivity contribution in [3.8, 4) is 28.8 Å². The highest BCUT2D eigenvalue weighted by Gasteiger charge is 2.34. The number of para-hydroxylation sites is 1. The zero-order chi connectivity index (χ0) is 25.4. The molecule has 7 nitrogen and oxygen atoms in total. The molecule has 3 heterocycles. The number of pyridine rings is 1. The summed E-state index contributed by atoms with van der Waals surface area (Å²) in [5.74, 6) is 4.84. The van der Waals surface area contributed by atoms with Gasteiger partial charge in [-0.1, -0.05) is 18.1 Å². The molecule has 0 unspecified atom stereocenters. The van der Waals surface area contributed by atoms with Gasteiger partial charge in [-0.25, -0.2) is 13.8 Å². The van der Waals surface area contributed by atoms with Gasteiger partial charge in [-0.2, -0.15) is 0 Å². The van der Waals surface area contributed by atoms with Crippen molar-refractivity contribution in [1.82, 2.24) is 14.8 Å². The van der Waals surface area contributed by atoms with Gasteiger partial charge in [-0.15, -0.1) is 5.10 Å². The fourth-order valence-electron chi connectivity index (χ4n) is 4.36. The van der Waals surface area contributed by atoms with Crippen LogP contribution >= 0.6 is 0 Å². The first-order chi connectivity index (χ1) is 17.3. The number of methoxy groups -OCH3 is 1. The van der Waals surface area contributed by atoms with Gasteiger partial charge in [0, 0.05) is 24.2 Å². The third-order valence-electron chi connectivity index (χ3n) is 6.07. The number of nitrogens with zero attached hydrogens (tertiary/aromatic N) is 3. The fraction of sp³-hybridized carbons (Fsp3) is 0.259. The molecule has 9 heteroatoms. The van der Waals surface area contributed by atoms with Crippen molar-refractivity contribution in [3.63, 3.8) is 0 Å². The van der Waals surface area contributed by atoms with Gasteiger partial charge >= 0.3 is 0 Å². The maximum atomic E-state index is 13.8. The first kappa shape index (κ1) is 23.9. The molecule has 0 saturated carbocycles. The second-order valence-corrected chi connectivity index (χ2v) is 8.83. The lowest BCUT2D eigenvalue weighted by Crippen LogP contribution is -2.48. The van der Waals surface area contributed by atoms with Gasteiger partial charge in [-0.05, 0) is 48.2 Å². The van der Waals surface area contributed by atoms with Crippen LogP contribution in [0.25, 0.3) is 22.0 Å². The molecular formula is C27H24F2N4O3. The lowest BCUT2D eigenvalue weighted by molar-refractivity contribution is -0.140. The number of aliphatic hydroxyl groups is 1. The smallest absolute Gasteiger partial charge is 0.240 e. The summed E-state index contributed by atoms with van der Waals surface area (Å²) >= 11 is 0. The Morgan fingerprint density at radius 3 is 2.58 bits per heavy atom. The topological polar surface area (TPSA) is 95.4 Å². The van der Waals surface area contributed by atoms with Gasteiger partial charge in [0.05, 0.1) is 43.0 Å². The van der Waals surface area contributed by atoms with Crippen LogP contribution in [-0.4, -0.2) is 45.8 Å². The fourth-order valence-corrected chi connectivity index (χ4v) is 4.36. The van der Waals surface area contributed by atoms with Gasteiger partial charge in [0.1, 0.15) is 17.3 Å². The molecule has 1 atom stereocenters. The molecule has 4 aromatic rings. The van der Waals surface area contributed by atoms with E-state index < -0.39 is 23.3 Å². The van der Waals surface area contributed by atoms with Crippen LogP contribution in [0.15, 0.2) is 48.5 Å². The Hall–Kier alpha value is -3.84. The highest BCUT2D eigenvalue weighted by molar-refractivity contribution is 5.97. The monoisotopic (exact) mass is 490 g/mol. The van der Waals surface area contributed by atoms with Crippen molar-refractivity contribution in [1.29, 1.82) is 0 Å². The molecule has 1 aliphatic heterocycles. The number of hydrogen-bond acceptors (Lipinski definition) is 6. The minimum Gasteiger partial charge on any atom is -0.479 e. The highest BCUT2D eigenvalue weighted by atomic mass is 19.1. The molecule has 1 aliphatic rings. The molecule has 1 saturated heterocycles. The second-order valence-electron chi connectivity index (χ2n) is 8.83. The van der Waals surface area contributed by atoms with Gasteiger partial charge in [0.15, 0.2) is 5.60 Å². The number of nitrogens with two attached hydrogens (primary N) is 1. The zero-order valence-electron chi connectivity index (χ0n) is 19.8. The summed E-state index contributed by atoms with van der Waals surface area (Å²) in [4.78, 5) is 4.72. The zero-order valence-corrected chi connectivity index (χ0v) is 19.8. The first-order valence-corrected chi connectivity index (χ1v) is 11.3. The van der Waals surface area contributed by atoms with E-state index in [9.17, 15) is 13.9 Å². The summed E-state index contributed by atoms with van der Waals surface area (Å²) < 4.78 is 39.8. The predicted octanol–water partition coefficient (Wildman–Crippen LogP) is 3.28. The third-order valence-corrected chi connectivity index (χ3v) is 6.07. The molecule has 36 heavy (non-hydrogen) atoms. The Morgan fingerprint density at radius 2 is 1.92 bits per heavy atom. The molecule has 0 amide bonds. The molecule has 5 rings (SSSR count). The van der Waals surface area contributed by atoms with Crippen molar-refractivity contribution < 1.29 is 23.4 Å². The Bertz CT molecular complexity index is 1500. The van der Waals surface area contributed by atoms with Gasteiger partial charge < -0.3 is 20.3 Å². The number of halogens is 2. The van der Waals surface area contributed by atoms with Crippen molar-refractivity contribution in [2.24, 2.45) is 12.8 Å². The number of ether oxygens (including phenoxy) is 2. The SMILES string of the molecule is COc1nn(C)c2c(-c3ccc(C#CC4(O)COC4)nc3[C@@H](N)Cc3cc(F)cc(F)c3)cccc12. The predicted molar refractivity (Wildman–Crippen MR) is 130 cm³/mol. The van der Waals surface area contributed by atoms with Crippen LogP contribution in [0.4, 0.5) is 8.78 Å². The van der Waals surface area contributed by atoms with E-state index in [1.54, 1.807) is 17.9 Å². The average molecular weight is 491 g/mol. The standard InChI is InChI=1S/C27H24F2N4O3/c1-33-25-21(4-3-5-22(25)26(32-33)35-2)20-7-6-19(8-9-27(34)14-36-15-27)31-24(20)23(30)12-16-10-17(28)13-18(29)11-16/h3-7,10-11,13,23,34H,12,14-15,30H2,1-2H3/t23-/m0/s1. The maximum absolute atomic E-state index is 13.8. The van der Waals surface area contributed by atoms with Crippen molar-refractivity contribution in [3.05, 3.63) is 77.1 Å². The van der Waals surface area contributed by atoms with E-state index >= 15 is 0 Å². The summed E-state index contributed by atoms with van der Waals surface area (Å²) in [6.07, 6.45) is 0.147. The Labute approximate surface area is 206 Å². The molecule has 0 spiro atoms. The van der Waals surface area contributed by atoms with E-state index in [-0.39, 0.29) is 19.6 Å². The summed E-state index contributed by atoms with van der Waals surface area (Å²) in [7, 11) is 3.38. The number of rotatable bonds is 5. The van der Waals surface area contributed by atoms with Crippen LogP contribution < -0.4 is 10.5 Å². The van der Waals surface area contributed by atoms with Crippen LogP contribution in [-0.2, 0) is 18.2 Å². The van der Waals surface area contributed by atoms with E-state index in [1.165, 1.54) is 12.1 Å². The summed E-state index contributed by atoms with van der Waals surface area (Å²) in [5.41, 5.74) is 9.08.